The van der Waals surface area contributed by atoms with Crippen LogP contribution in [0.2, 0.25) is 5.02 Å². The lowest BCUT2D eigenvalue weighted by molar-refractivity contribution is -0.122. The van der Waals surface area contributed by atoms with Gasteiger partial charge in [0.05, 0.1) is 0 Å². The highest BCUT2D eigenvalue weighted by Gasteiger charge is 2.29. The third-order valence-corrected chi connectivity index (χ3v) is 4.07. The molecule has 0 saturated carbocycles. The number of rotatable bonds is 5. The molecule has 1 atom stereocenters. The van der Waals surface area contributed by atoms with Crippen LogP contribution in [0.4, 0.5) is 5.69 Å². The van der Waals surface area contributed by atoms with Crippen molar-refractivity contribution in [1.82, 2.24) is 5.32 Å². The van der Waals surface area contributed by atoms with E-state index >= 15 is 0 Å². The topological polar surface area (TPSA) is 50.4 Å². The van der Waals surface area contributed by atoms with Gasteiger partial charge in [-0.1, -0.05) is 36.7 Å². The number of amides is 1. The molecule has 3 rings (SSSR count). The molecule has 6 heteroatoms. The first-order valence-corrected chi connectivity index (χ1v) is 8.09. The van der Waals surface area contributed by atoms with Gasteiger partial charge in [-0.25, -0.2) is 0 Å². The first kappa shape index (κ1) is 18.6. The zero-order valence-electron chi connectivity index (χ0n) is 13.3. The van der Waals surface area contributed by atoms with E-state index in [4.69, 9.17) is 16.3 Å². The predicted molar refractivity (Wildman–Crippen MR) is 99.3 cm³/mol. The van der Waals surface area contributed by atoms with Crippen molar-refractivity contribution in [3.05, 3.63) is 58.6 Å². The Kier molecular flexibility index (Phi) is 6.49. The number of halogens is 2. The summed E-state index contributed by atoms with van der Waals surface area (Å²) in [5, 5.41) is 6.90. The lowest BCUT2D eigenvalue weighted by Gasteiger charge is -2.14. The number of hydrogen-bond donors (Lipinski definition) is 2. The fourth-order valence-electron chi connectivity index (χ4n) is 2.63. The number of hydrogen-bond acceptors (Lipinski definition) is 3. The van der Waals surface area contributed by atoms with Crippen molar-refractivity contribution >= 4 is 35.6 Å². The minimum atomic E-state index is -0.518. The highest BCUT2D eigenvalue weighted by Crippen LogP contribution is 2.31. The number of fused-ring (bicyclic) bond motifs is 1. The predicted octanol–water partition coefficient (Wildman–Crippen LogP) is 3.81. The number of benzene rings is 2. The maximum absolute atomic E-state index is 12.5. The van der Waals surface area contributed by atoms with Gasteiger partial charge in [0.2, 0.25) is 0 Å². The third-order valence-electron chi connectivity index (χ3n) is 3.83. The van der Waals surface area contributed by atoms with E-state index in [-0.39, 0.29) is 18.3 Å². The van der Waals surface area contributed by atoms with Crippen molar-refractivity contribution in [3.63, 3.8) is 0 Å². The molecule has 0 bridgehead atoms. The van der Waals surface area contributed by atoms with Gasteiger partial charge in [0.15, 0.2) is 6.10 Å². The van der Waals surface area contributed by atoms with Crippen LogP contribution in [0.5, 0.6) is 5.75 Å². The van der Waals surface area contributed by atoms with E-state index in [2.05, 4.69) is 17.6 Å². The molecular weight excluding hydrogens is 347 g/mol. The van der Waals surface area contributed by atoms with Crippen LogP contribution in [0.3, 0.4) is 0 Å². The van der Waals surface area contributed by atoms with Gasteiger partial charge in [-0.05, 0) is 41.9 Å². The average Bonchev–Trinajstić information content (AvgIpc) is 2.97. The quantitative estimate of drug-likeness (QED) is 0.845. The molecule has 0 aliphatic carbocycles. The maximum atomic E-state index is 12.5. The highest BCUT2D eigenvalue weighted by atomic mass is 35.5. The Labute approximate surface area is 153 Å². The van der Waals surface area contributed by atoms with Crippen LogP contribution in [0.15, 0.2) is 42.5 Å². The fourth-order valence-corrected chi connectivity index (χ4v) is 2.83. The van der Waals surface area contributed by atoms with Gasteiger partial charge in [0.25, 0.3) is 5.91 Å². The molecule has 0 saturated heterocycles. The van der Waals surface area contributed by atoms with E-state index in [0.717, 1.165) is 29.1 Å². The van der Waals surface area contributed by atoms with Crippen LogP contribution in [-0.2, 0) is 17.8 Å². The van der Waals surface area contributed by atoms with Gasteiger partial charge in [-0.3, -0.25) is 4.79 Å². The van der Waals surface area contributed by atoms with Crippen LogP contribution in [0.1, 0.15) is 18.1 Å². The van der Waals surface area contributed by atoms with Crippen LogP contribution in [-0.4, -0.2) is 18.6 Å². The first-order valence-electron chi connectivity index (χ1n) is 7.72. The summed E-state index contributed by atoms with van der Waals surface area (Å²) in [6, 6.07) is 13.2. The maximum Gasteiger partial charge on any atom is 0.265 e. The van der Waals surface area contributed by atoms with Crippen molar-refractivity contribution in [2.45, 2.75) is 26.0 Å². The van der Waals surface area contributed by atoms with Crippen molar-refractivity contribution in [2.75, 3.05) is 11.9 Å². The molecule has 1 heterocycles. The summed E-state index contributed by atoms with van der Waals surface area (Å²) >= 11 is 5.99. The molecule has 128 valence electrons. The molecule has 0 radical (unpaired) electrons. The Morgan fingerprint density at radius 1 is 1.29 bits per heavy atom. The Balaban J connectivity index is 0.00000208. The van der Waals surface area contributed by atoms with Gasteiger partial charge in [0.1, 0.15) is 5.75 Å². The zero-order chi connectivity index (χ0) is 16.2. The Bertz CT molecular complexity index is 722. The zero-order valence-corrected chi connectivity index (χ0v) is 14.9. The second kappa shape index (κ2) is 8.38. The van der Waals surface area contributed by atoms with E-state index in [1.165, 1.54) is 0 Å². The van der Waals surface area contributed by atoms with Gasteiger partial charge in [0, 0.05) is 23.7 Å². The van der Waals surface area contributed by atoms with Crippen LogP contribution in [0.25, 0.3) is 0 Å². The molecule has 2 N–H and O–H groups in total. The van der Waals surface area contributed by atoms with E-state index < -0.39 is 6.10 Å². The molecular formula is C18H20Cl2N2O2. The lowest BCUT2D eigenvalue weighted by atomic mass is 10.1. The summed E-state index contributed by atoms with van der Waals surface area (Å²) in [5.74, 6) is 0.594. The van der Waals surface area contributed by atoms with E-state index in [1.54, 1.807) is 6.07 Å². The number of nitrogens with one attached hydrogen (secondary N) is 2. The monoisotopic (exact) mass is 366 g/mol. The van der Waals surface area contributed by atoms with Crippen molar-refractivity contribution in [1.29, 1.82) is 0 Å². The standard InChI is InChI=1S/C18H19ClN2O2.ClH/c1-2-20-11-12-5-3-4-6-15(12)21-18(22)17-10-13-9-14(19)7-8-16(13)23-17;/h3-9,17,20H,2,10-11H2,1H3,(H,21,22);1H. The Hall–Kier alpha value is -1.75. The number of carbonyl (C=O) groups excluding carboxylic acids is 1. The molecule has 0 fully saturated rings. The Morgan fingerprint density at radius 2 is 2.08 bits per heavy atom. The van der Waals surface area contributed by atoms with Gasteiger partial charge in [-0.15, -0.1) is 12.4 Å². The normalized spacial score (nSPS) is 15.2. The minimum Gasteiger partial charge on any atom is -0.480 e. The second-order valence-corrected chi connectivity index (χ2v) is 5.93. The number of anilines is 1. The lowest BCUT2D eigenvalue weighted by Crippen LogP contribution is -2.32. The van der Waals surface area contributed by atoms with Crippen molar-refractivity contribution < 1.29 is 9.53 Å². The van der Waals surface area contributed by atoms with E-state index in [1.807, 2.05) is 36.4 Å². The molecule has 2 aromatic rings. The summed E-state index contributed by atoms with van der Waals surface area (Å²) in [6.07, 6.45) is 0.0209. The first-order chi connectivity index (χ1) is 11.2. The van der Waals surface area contributed by atoms with E-state index in [0.29, 0.717) is 18.0 Å². The number of para-hydroxylation sites is 1. The van der Waals surface area contributed by atoms with E-state index in [9.17, 15) is 4.79 Å². The molecule has 1 unspecified atom stereocenters. The summed E-state index contributed by atoms with van der Waals surface area (Å²) in [6.45, 7) is 3.65. The molecule has 1 aliphatic heterocycles. The summed E-state index contributed by atoms with van der Waals surface area (Å²) in [4.78, 5) is 12.5. The van der Waals surface area contributed by atoms with Crippen LogP contribution in [0, 0.1) is 0 Å². The molecule has 1 amide bonds. The van der Waals surface area contributed by atoms with Gasteiger partial charge >= 0.3 is 0 Å². The molecule has 1 aliphatic rings. The van der Waals surface area contributed by atoms with Gasteiger partial charge < -0.3 is 15.4 Å². The number of ether oxygens (including phenoxy) is 1. The summed E-state index contributed by atoms with van der Waals surface area (Å²) < 4.78 is 5.73. The molecule has 24 heavy (non-hydrogen) atoms. The fraction of sp³-hybridized carbons (Fsp3) is 0.278. The molecule has 0 spiro atoms. The Morgan fingerprint density at radius 3 is 2.88 bits per heavy atom. The largest absolute Gasteiger partial charge is 0.480 e. The van der Waals surface area contributed by atoms with Crippen molar-refractivity contribution in [2.24, 2.45) is 0 Å². The summed E-state index contributed by atoms with van der Waals surface area (Å²) in [7, 11) is 0. The highest BCUT2D eigenvalue weighted by molar-refractivity contribution is 6.30. The minimum absolute atomic E-state index is 0. The SMILES string of the molecule is CCNCc1ccccc1NC(=O)C1Cc2cc(Cl)ccc2O1.Cl. The molecule has 2 aromatic carbocycles. The summed E-state index contributed by atoms with van der Waals surface area (Å²) in [5.41, 5.74) is 2.84. The second-order valence-electron chi connectivity index (χ2n) is 5.49. The smallest absolute Gasteiger partial charge is 0.265 e. The van der Waals surface area contributed by atoms with Gasteiger partial charge in [-0.2, -0.15) is 0 Å². The van der Waals surface area contributed by atoms with Crippen LogP contribution < -0.4 is 15.4 Å². The number of carbonyl (C=O) groups is 1. The average molecular weight is 367 g/mol. The third kappa shape index (κ3) is 4.20. The molecule has 0 aromatic heterocycles. The molecule has 4 nitrogen and oxygen atoms in total. The van der Waals surface area contributed by atoms with Crippen molar-refractivity contribution in [3.8, 4) is 5.75 Å². The van der Waals surface area contributed by atoms with Crippen LogP contribution >= 0.6 is 24.0 Å².